The van der Waals surface area contributed by atoms with Crippen LogP contribution in [0.3, 0.4) is 0 Å². The van der Waals surface area contributed by atoms with Gasteiger partial charge in [0, 0.05) is 11.1 Å². The van der Waals surface area contributed by atoms with E-state index >= 15 is 0 Å². The van der Waals surface area contributed by atoms with E-state index < -0.39 is 23.1 Å². The van der Waals surface area contributed by atoms with E-state index in [1.54, 1.807) is 32.9 Å². The number of carbonyl (C=O) groups excluding carboxylic acids is 2. The van der Waals surface area contributed by atoms with Gasteiger partial charge in [-0.3, -0.25) is 14.5 Å². The van der Waals surface area contributed by atoms with Crippen LogP contribution < -0.4 is 4.90 Å². The smallest absolute Gasteiger partial charge is 0.294 e. The molecule has 0 saturated carbocycles. The third kappa shape index (κ3) is 3.77. The summed E-state index contributed by atoms with van der Waals surface area (Å²) in [5, 5.41) is 20.6. The van der Waals surface area contributed by atoms with Crippen molar-refractivity contribution in [1.29, 1.82) is 0 Å². The number of ketones is 1. The Labute approximate surface area is 171 Å². The van der Waals surface area contributed by atoms with Crippen molar-refractivity contribution in [2.45, 2.75) is 46.6 Å². The highest BCUT2D eigenvalue weighted by Crippen LogP contribution is 2.44. The van der Waals surface area contributed by atoms with E-state index in [1.807, 2.05) is 24.3 Å². The first-order valence-electron chi connectivity index (χ1n) is 9.72. The van der Waals surface area contributed by atoms with Crippen LogP contribution in [0.1, 0.15) is 57.7 Å². The maximum atomic E-state index is 13.2. The Balaban J connectivity index is 2.17. The van der Waals surface area contributed by atoms with Crippen LogP contribution in [0.2, 0.25) is 0 Å². The molecule has 0 aliphatic carbocycles. The van der Waals surface area contributed by atoms with Gasteiger partial charge in [0.1, 0.15) is 5.75 Å². The van der Waals surface area contributed by atoms with Gasteiger partial charge < -0.3 is 10.2 Å². The molecule has 1 aliphatic heterocycles. The fourth-order valence-electron chi connectivity index (χ4n) is 3.54. The van der Waals surface area contributed by atoms with E-state index in [2.05, 4.69) is 13.8 Å². The first kappa shape index (κ1) is 20.6. The molecule has 1 amide bonds. The van der Waals surface area contributed by atoms with Crippen LogP contribution in [-0.2, 0) is 9.59 Å². The van der Waals surface area contributed by atoms with Gasteiger partial charge in [0.2, 0.25) is 0 Å². The molecule has 0 aromatic heterocycles. The van der Waals surface area contributed by atoms with Gasteiger partial charge in [-0.2, -0.15) is 0 Å². The van der Waals surface area contributed by atoms with Crippen molar-refractivity contribution in [3.8, 4) is 5.75 Å². The van der Waals surface area contributed by atoms with Crippen molar-refractivity contribution in [1.82, 2.24) is 0 Å². The van der Waals surface area contributed by atoms with Crippen molar-refractivity contribution in [3.63, 3.8) is 0 Å². The van der Waals surface area contributed by atoms with Crippen LogP contribution in [0, 0.1) is 5.41 Å². The number of hydrogen-bond acceptors (Lipinski definition) is 4. The van der Waals surface area contributed by atoms with E-state index in [4.69, 9.17) is 0 Å². The minimum Gasteiger partial charge on any atom is -0.508 e. The number of aromatic hydroxyl groups is 1. The lowest BCUT2D eigenvalue weighted by atomic mass is 9.82. The largest absolute Gasteiger partial charge is 0.508 e. The van der Waals surface area contributed by atoms with Crippen LogP contribution in [0.4, 0.5) is 5.69 Å². The Morgan fingerprint density at radius 1 is 1.03 bits per heavy atom. The number of benzene rings is 2. The molecule has 0 spiro atoms. The molecule has 0 saturated heterocycles. The molecular formula is C24H27NO4. The highest BCUT2D eigenvalue weighted by atomic mass is 16.3. The van der Waals surface area contributed by atoms with Crippen LogP contribution in [0.5, 0.6) is 5.75 Å². The summed E-state index contributed by atoms with van der Waals surface area (Å²) in [6.45, 7) is 9.41. The molecule has 5 heteroatoms. The molecule has 2 aromatic rings. The molecular weight excluding hydrogens is 366 g/mol. The standard InChI is InChI=1S/C24H27NO4/c1-14(2)15-9-11-17(12-10-15)25-20(16-7-6-8-18(26)13-16)19(21(27)23(25)29)22(28)24(3,4)5/h6-14,20,26-27H,1-5H3. The molecule has 2 aromatic carbocycles. The zero-order valence-corrected chi connectivity index (χ0v) is 17.4. The molecule has 0 bridgehead atoms. The number of Topliss-reactive ketones (excluding diaryl/α,β-unsaturated/α-hetero) is 1. The summed E-state index contributed by atoms with van der Waals surface area (Å²) in [5.74, 6) is -1.10. The van der Waals surface area contributed by atoms with Gasteiger partial charge in [0.25, 0.3) is 5.91 Å². The maximum absolute atomic E-state index is 13.2. The van der Waals surface area contributed by atoms with E-state index in [1.165, 1.54) is 17.0 Å². The highest BCUT2D eigenvalue weighted by Gasteiger charge is 2.46. The van der Waals surface area contributed by atoms with Gasteiger partial charge in [-0.15, -0.1) is 0 Å². The normalized spacial score (nSPS) is 17.4. The second-order valence-electron chi connectivity index (χ2n) is 8.76. The van der Waals surface area contributed by atoms with Crippen molar-refractivity contribution in [2.75, 3.05) is 4.90 Å². The predicted octanol–water partition coefficient (Wildman–Crippen LogP) is 5.03. The van der Waals surface area contributed by atoms with Gasteiger partial charge in [-0.25, -0.2) is 0 Å². The number of carbonyl (C=O) groups is 2. The van der Waals surface area contributed by atoms with Crippen LogP contribution in [0.15, 0.2) is 59.9 Å². The predicted molar refractivity (Wildman–Crippen MR) is 113 cm³/mol. The van der Waals surface area contributed by atoms with Crippen molar-refractivity contribution in [2.24, 2.45) is 5.41 Å². The molecule has 29 heavy (non-hydrogen) atoms. The number of nitrogens with zero attached hydrogens (tertiary/aromatic N) is 1. The van der Waals surface area contributed by atoms with Crippen molar-refractivity contribution < 1.29 is 19.8 Å². The summed E-state index contributed by atoms with van der Waals surface area (Å²) in [6, 6.07) is 13.1. The minimum atomic E-state index is -0.814. The van der Waals surface area contributed by atoms with Crippen LogP contribution in [-0.4, -0.2) is 21.9 Å². The quantitative estimate of drug-likeness (QED) is 0.764. The zero-order chi connectivity index (χ0) is 21.5. The SMILES string of the molecule is CC(C)c1ccc(N2C(=O)C(O)=C(C(=O)C(C)(C)C)C2c2cccc(O)c2)cc1. The fraction of sp³-hybridized carbons (Fsp3) is 0.333. The van der Waals surface area contributed by atoms with E-state index in [-0.39, 0.29) is 17.1 Å². The maximum Gasteiger partial charge on any atom is 0.294 e. The van der Waals surface area contributed by atoms with Gasteiger partial charge in [-0.05, 0) is 41.3 Å². The first-order valence-corrected chi connectivity index (χ1v) is 9.72. The van der Waals surface area contributed by atoms with Gasteiger partial charge in [-0.1, -0.05) is 58.9 Å². The highest BCUT2D eigenvalue weighted by molar-refractivity contribution is 6.17. The number of aliphatic hydroxyl groups excluding tert-OH is 1. The first-order chi connectivity index (χ1) is 13.5. The lowest BCUT2D eigenvalue weighted by Gasteiger charge is -2.29. The molecule has 152 valence electrons. The molecule has 1 heterocycles. The number of phenolic OH excluding ortho intramolecular Hbond substituents is 1. The topological polar surface area (TPSA) is 77.8 Å². The van der Waals surface area contributed by atoms with Gasteiger partial charge in [0.15, 0.2) is 11.5 Å². The lowest BCUT2D eigenvalue weighted by molar-refractivity contribution is -0.123. The lowest BCUT2D eigenvalue weighted by Crippen LogP contribution is -2.32. The molecule has 1 unspecified atom stereocenters. The zero-order valence-electron chi connectivity index (χ0n) is 17.4. The number of phenols is 1. The Morgan fingerprint density at radius 3 is 2.17 bits per heavy atom. The average molecular weight is 393 g/mol. The van der Waals surface area contributed by atoms with E-state index in [9.17, 15) is 19.8 Å². The third-order valence-electron chi connectivity index (χ3n) is 5.16. The number of amides is 1. The van der Waals surface area contributed by atoms with E-state index in [0.717, 1.165) is 5.56 Å². The Hall–Kier alpha value is -3.08. The second-order valence-corrected chi connectivity index (χ2v) is 8.76. The van der Waals surface area contributed by atoms with Gasteiger partial charge in [0.05, 0.1) is 11.6 Å². The summed E-state index contributed by atoms with van der Waals surface area (Å²) in [5.41, 5.74) is 1.54. The Bertz CT molecular complexity index is 981. The van der Waals surface area contributed by atoms with Crippen LogP contribution in [0.25, 0.3) is 0 Å². The summed E-state index contributed by atoms with van der Waals surface area (Å²) in [7, 11) is 0. The Kier molecular flexibility index (Phi) is 5.26. The van der Waals surface area contributed by atoms with Crippen molar-refractivity contribution >= 4 is 17.4 Å². The second kappa shape index (κ2) is 7.39. The molecule has 0 fully saturated rings. The summed E-state index contributed by atoms with van der Waals surface area (Å²) in [4.78, 5) is 27.6. The number of aliphatic hydroxyl groups is 1. The monoisotopic (exact) mass is 393 g/mol. The van der Waals surface area contributed by atoms with Crippen LogP contribution >= 0.6 is 0 Å². The summed E-state index contributed by atoms with van der Waals surface area (Å²) >= 11 is 0. The molecule has 5 nitrogen and oxygen atoms in total. The summed E-state index contributed by atoms with van der Waals surface area (Å²) < 4.78 is 0. The van der Waals surface area contributed by atoms with Crippen molar-refractivity contribution in [3.05, 3.63) is 71.0 Å². The molecule has 1 atom stereocenters. The van der Waals surface area contributed by atoms with Gasteiger partial charge >= 0.3 is 0 Å². The molecule has 3 rings (SSSR count). The van der Waals surface area contributed by atoms with E-state index in [0.29, 0.717) is 17.2 Å². The number of rotatable bonds is 4. The minimum absolute atomic E-state index is 0.0269. The number of anilines is 1. The number of hydrogen-bond donors (Lipinski definition) is 2. The molecule has 2 N–H and O–H groups in total. The molecule has 1 aliphatic rings. The molecule has 0 radical (unpaired) electrons. The third-order valence-corrected chi connectivity index (χ3v) is 5.16. The Morgan fingerprint density at radius 2 is 1.66 bits per heavy atom. The fourth-order valence-corrected chi connectivity index (χ4v) is 3.54. The average Bonchev–Trinajstić information content (AvgIpc) is 2.91. The summed E-state index contributed by atoms with van der Waals surface area (Å²) in [6.07, 6.45) is 0.